The zero-order valence-corrected chi connectivity index (χ0v) is 16.8. The first kappa shape index (κ1) is 22.4. The maximum Gasteiger partial charge on any atom is 0.258 e. The molecule has 9 nitrogen and oxygen atoms in total. The Morgan fingerprint density at radius 1 is 1.21 bits per heavy atom. The quantitative estimate of drug-likeness (QED) is 0.302. The Bertz CT molecular complexity index is 712. The summed E-state index contributed by atoms with van der Waals surface area (Å²) in [7, 11) is 0. The highest BCUT2D eigenvalue weighted by Gasteiger charge is 2.16. The summed E-state index contributed by atoms with van der Waals surface area (Å²) in [6.45, 7) is 4.82. The third-order valence-electron chi connectivity index (χ3n) is 3.97. The van der Waals surface area contributed by atoms with Gasteiger partial charge in [0.15, 0.2) is 6.61 Å². The van der Waals surface area contributed by atoms with Crippen LogP contribution in [0.2, 0.25) is 0 Å². The average Bonchev–Trinajstić information content (AvgIpc) is 3.18. The van der Waals surface area contributed by atoms with E-state index in [1.807, 2.05) is 13.8 Å². The van der Waals surface area contributed by atoms with Crippen molar-refractivity contribution in [2.45, 2.75) is 45.3 Å². The number of hydrazone groups is 1. The van der Waals surface area contributed by atoms with E-state index >= 15 is 0 Å². The highest BCUT2D eigenvalue weighted by Crippen LogP contribution is 2.12. The Hall–Kier alpha value is -2.94. The van der Waals surface area contributed by atoms with E-state index in [0.29, 0.717) is 12.3 Å². The number of carbonyl (C=O) groups is 3. The standard InChI is InChI=1S/C20H28N4O5/c1-14(2)23-18(25)10-19(26)24-22-11-15-5-7-16(8-6-15)29-13-20(27)21-12-17-4-3-9-28-17/h5-8,11,14,17H,3-4,9-10,12-13H2,1-2H3,(H,21,27)(H,23,25)(H,24,26)/b22-11+/t17-/m0/s1. The van der Waals surface area contributed by atoms with E-state index in [0.717, 1.165) is 25.0 Å². The number of hydrogen-bond donors (Lipinski definition) is 3. The molecule has 3 N–H and O–H groups in total. The molecule has 1 aromatic rings. The fraction of sp³-hybridized carbons (Fsp3) is 0.500. The lowest BCUT2D eigenvalue weighted by atomic mass is 10.2. The first-order valence-electron chi connectivity index (χ1n) is 9.65. The van der Waals surface area contributed by atoms with Crippen molar-refractivity contribution in [3.63, 3.8) is 0 Å². The van der Waals surface area contributed by atoms with E-state index in [1.54, 1.807) is 24.3 Å². The lowest BCUT2D eigenvalue weighted by Gasteiger charge is -2.11. The van der Waals surface area contributed by atoms with Crippen LogP contribution in [-0.2, 0) is 19.1 Å². The second-order valence-corrected chi connectivity index (χ2v) is 6.99. The summed E-state index contributed by atoms with van der Waals surface area (Å²) in [6.07, 6.45) is 3.27. The number of nitrogens with one attached hydrogen (secondary N) is 3. The molecule has 3 amide bonds. The van der Waals surface area contributed by atoms with Gasteiger partial charge in [0.2, 0.25) is 11.8 Å². The van der Waals surface area contributed by atoms with Crippen molar-refractivity contribution in [2.24, 2.45) is 5.10 Å². The molecule has 0 unspecified atom stereocenters. The molecule has 1 fully saturated rings. The molecular formula is C20H28N4O5. The van der Waals surface area contributed by atoms with E-state index in [4.69, 9.17) is 9.47 Å². The van der Waals surface area contributed by atoms with E-state index in [9.17, 15) is 14.4 Å². The minimum atomic E-state index is -0.492. The molecule has 0 bridgehead atoms. The van der Waals surface area contributed by atoms with Gasteiger partial charge in [0.25, 0.3) is 5.91 Å². The lowest BCUT2D eigenvalue weighted by Crippen LogP contribution is -2.35. The van der Waals surface area contributed by atoms with Gasteiger partial charge in [-0.15, -0.1) is 0 Å². The summed E-state index contributed by atoms with van der Waals surface area (Å²) >= 11 is 0. The monoisotopic (exact) mass is 404 g/mol. The van der Waals surface area contributed by atoms with Gasteiger partial charge in [-0.1, -0.05) is 0 Å². The molecular weight excluding hydrogens is 376 g/mol. The third kappa shape index (κ3) is 9.20. The van der Waals surface area contributed by atoms with Crippen molar-refractivity contribution < 1.29 is 23.9 Å². The number of amides is 3. The molecule has 1 aromatic carbocycles. The topological polar surface area (TPSA) is 118 Å². The van der Waals surface area contributed by atoms with E-state index in [1.165, 1.54) is 6.21 Å². The van der Waals surface area contributed by atoms with Gasteiger partial charge >= 0.3 is 0 Å². The predicted octanol–water partition coefficient (Wildman–Crippen LogP) is 0.725. The molecule has 0 spiro atoms. The first-order chi connectivity index (χ1) is 13.9. The molecule has 29 heavy (non-hydrogen) atoms. The van der Waals surface area contributed by atoms with Gasteiger partial charge in [0.1, 0.15) is 12.2 Å². The Morgan fingerprint density at radius 3 is 2.62 bits per heavy atom. The van der Waals surface area contributed by atoms with Gasteiger partial charge in [-0.2, -0.15) is 5.10 Å². The highest BCUT2D eigenvalue weighted by molar-refractivity contribution is 5.97. The number of carbonyl (C=O) groups excluding carboxylic acids is 3. The SMILES string of the molecule is CC(C)NC(=O)CC(=O)N/N=C/c1ccc(OCC(=O)NC[C@@H]2CCCO2)cc1. The average molecular weight is 404 g/mol. The molecule has 1 atom stereocenters. The van der Waals surface area contributed by atoms with Gasteiger partial charge in [-0.3, -0.25) is 14.4 Å². The number of hydrogen-bond acceptors (Lipinski definition) is 6. The maximum absolute atomic E-state index is 11.8. The van der Waals surface area contributed by atoms with Crippen LogP contribution in [0, 0.1) is 0 Å². The van der Waals surface area contributed by atoms with Crippen LogP contribution in [0.4, 0.5) is 0 Å². The number of ether oxygens (including phenoxy) is 2. The summed E-state index contributed by atoms with van der Waals surface area (Å²) in [5.41, 5.74) is 3.03. The molecule has 1 aliphatic rings. The Balaban J connectivity index is 1.66. The minimum absolute atomic E-state index is 0.0214. The lowest BCUT2D eigenvalue weighted by molar-refractivity contribution is -0.129. The van der Waals surface area contributed by atoms with Crippen molar-refractivity contribution in [3.8, 4) is 5.75 Å². The maximum atomic E-state index is 11.8. The van der Waals surface area contributed by atoms with Crippen LogP contribution in [0.5, 0.6) is 5.75 Å². The molecule has 0 aromatic heterocycles. The van der Waals surface area contributed by atoms with E-state index in [2.05, 4.69) is 21.2 Å². The van der Waals surface area contributed by atoms with Crippen LogP contribution < -0.4 is 20.8 Å². The molecule has 2 rings (SSSR count). The normalized spacial score (nSPS) is 16.0. The van der Waals surface area contributed by atoms with Crippen LogP contribution in [0.15, 0.2) is 29.4 Å². The molecule has 9 heteroatoms. The van der Waals surface area contributed by atoms with E-state index in [-0.39, 0.29) is 37.0 Å². The second-order valence-electron chi connectivity index (χ2n) is 6.99. The van der Waals surface area contributed by atoms with Crippen LogP contribution in [0.3, 0.4) is 0 Å². The van der Waals surface area contributed by atoms with Crippen LogP contribution in [0.25, 0.3) is 0 Å². The molecule has 1 aliphatic heterocycles. The zero-order chi connectivity index (χ0) is 21.1. The summed E-state index contributed by atoms with van der Waals surface area (Å²) in [5.74, 6) is -0.499. The summed E-state index contributed by atoms with van der Waals surface area (Å²) in [4.78, 5) is 34.9. The van der Waals surface area contributed by atoms with Gasteiger partial charge in [-0.05, 0) is 56.5 Å². The largest absolute Gasteiger partial charge is 0.484 e. The summed E-state index contributed by atoms with van der Waals surface area (Å²) in [6, 6.07) is 6.85. The van der Waals surface area contributed by atoms with Gasteiger partial charge in [-0.25, -0.2) is 5.43 Å². The van der Waals surface area contributed by atoms with Crippen molar-refractivity contribution >= 4 is 23.9 Å². The minimum Gasteiger partial charge on any atom is -0.484 e. The van der Waals surface area contributed by atoms with E-state index < -0.39 is 5.91 Å². The van der Waals surface area contributed by atoms with Crippen molar-refractivity contribution in [2.75, 3.05) is 19.8 Å². The molecule has 0 saturated carbocycles. The summed E-state index contributed by atoms with van der Waals surface area (Å²) in [5, 5.41) is 9.24. The molecule has 1 saturated heterocycles. The zero-order valence-electron chi connectivity index (χ0n) is 16.8. The molecule has 1 heterocycles. The third-order valence-corrected chi connectivity index (χ3v) is 3.97. The fourth-order valence-electron chi connectivity index (χ4n) is 2.62. The number of nitrogens with zero attached hydrogens (tertiary/aromatic N) is 1. The number of benzene rings is 1. The predicted molar refractivity (Wildman–Crippen MR) is 108 cm³/mol. The van der Waals surface area contributed by atoms with Crippen molar-refractivity contribution in [3.05, 3.63) is 29.8 Å². The molecule has 158 valence electrons. The Kier molecular flexibility index (Phi) is 9.10. The highest BCUT2D eigenvalue weighted by atomic mass is 16.5. The van der Waals surface area contributed by atoms with Gasteiger partial charge < -0.3 is 20.1 Å². The van der Waals surface area contributed by atoms with Crippen LogP contribution >= 0.6 is 0 Å². The first-order valence-corrected chi connectivity index (χ1v) is 9.65. The van der Waals surface area contributed by atoms with Crippen LogP contribution in [0.1, 0.15) is 38.7 Å². The van der Waals surface area contributed by atoms with Crippen LogP contribution in [-0.4, -0.2) is 55.8 Å². The smallest absolute Gasteiger partial charge is 0.258 e. The molecule has 0 aliphatic carbocycles. The number of rotatable bonds is 10. The van der Waals surface area contributed by atoms with Gasteiger partial charge in [0.05, 0.1) is 12.3 Å². The van der Waals surface area contributed by atoms with Crippen molar-refractivity contribution in [1.82, 2.24) is 16.1 Å². The fourth-order valence-corrected chi connectivity index (χ4v) is 2.62. The second kappa shape index (κ2) is 11.8. The molecule has 0 radical (unpaired) electrons. The Morgan fingerprint density at radius 2 is 1.97 bits per heavy atom. The summed E-state index contributed by atoms with van der Waals surface area (Å²) < 4.78 is 10.9. The van der Waals surface area contributed by atoms with Gasteiger partial charge in [0, 0.05) is 19.2 Å². The van der Waals surface area contributed by atoms with Crippen molar-refractivity contribution in [1.29, 1.82) is 0 Å². The Labute approximate surface area is 170 Å².